The molecule has 0 aliphatic rings. The molecule has 0 aliphatic heterocycles. The number of carbonyl (C=O) groups is 1. The Hall–Kier alpha value is -3.26. The van der Waals surface area contributed by atoms with Crippen molar-refractivity contribution in [2.24, 2.45) is 0 Å². The van der Waals surface area contributed by atoms with E-state index in [-0.39, 0.29) is 10.8 Å². The molecule has 0 radical (unpaired) electrons. The van der Waals surface area contributed by atoms with Gasteiger partial charge in [-0.05, 0) is 85.6 Å². The third-order valence-electron chi connectivity index (χ3n) is 5.49. The van der Waals surface area contributed by atoms with E-state index in [9.17, 15) is 13.2 Å². The van der Waals surface area contributed by atoms with E-state index in [2.05, 4.69) is 41.2 Å². The summed E-state index contributed by atoms with van der Waals surface area (Å²) in [6.45, 7) is 3.91. The van der Waals surface area contributed by atoms with Crippen LogP contribution in [0, 0.1) is 13.8 Å². The topological polar surface area (TPSA) is 75.3 Å². The van der Waals surface area contributed by atoms with Crippen molar-refractivity contribution >= 4 is 50.7 Å². The number of sulfonamides is 1. The molecule has 184 valence electrons. The lowest BCUT2D eigenvalue weighted by atomic mass is 10.1. The second-order valence-corrected chi connectivity index (χ2v) is 11.5. The maximum Gasteiger partial charge on any atom is 0.261 e. The van der Waals surface area contributed by atoms with Gasteiger partial charge in [-0.3, -0.25) is 9.52 Å². The Balaban J connectivity index is 1.35. The lowest BCUT2D eigenvalue weighted by molar-refractivity contribution is 0.102. The minimum absolute atomic E-state index is 0.0765. The van der Waals surface area contributed by atoms with E-state index >= 15 is 0 Å². The molecule has 0 atom stereocenters. The van der Waals surface area contributed by atoms with Crippen molar-refractivity contribution in [3.8, 4) is 0 Å². The van der Waals surface area contributed by atoms with Crippen LogP contribution in [0.3, 0.4) is 0 Å². The van der Waals surface area contributed by atoms with E-state index < -0.39 is 10.0 Å². The molecule has 5 nitrogen and oxygen atoms in total. The van der Waals surface area contributed by atoms with Gasteiger partial charge in [-0.1, -0.05) is 47.5 Å². The molecule has 1 amide bonds. The van der Waals surface area contributed by atoms with Crippen molar-refractivity contribution in [1.82, 2.24) is 0 Å². The molecule has 0 saturated carbocycles. The van der Waals surface area contributed by atoms with E-state index in [0.29, 0.717) is 22.0 Å². The Kier molecular flexibility index (Phi) is 8.04. The van der Waals surface area contributed by atoms with E-state index in [4.69, 9.17) is 11.6 Å². The van der Waals surface area contributed by atoms with Crippen LogP contribution < -0.4 is 10.0 Å². The van der Waals surface area contributed by atoms with Crippen LogP contribution in [0.1, 0.15) is 27.0 Å². The van der Waals surface area contributed by atoms with Gasteiger partial charge < -0.3 is 5.32 Å². The quantitative estimate of drug-likeness (QED) is 0.232. The summed E-state index contributed by atoms with van der Waals surface area (Å²) in [5, 5.41) is 3.28. The molecule has 0 fully saturated rings. The van der Waals surface area contributed by atoms with Gasteiger partial charge in [0, 0.05) is 26.9 Å². The third kappa shape index (κ3) is 6.69. The predicted molar refractivity (Wildman–Crippen MR) is 149 cm³/mol. The SMILES string of the molecule is Cc1ccc(SCc2ccc(C(=O)Nc3ccc(S(=O)(=O)Nc4ccc(C)c(Cl)c4)cc3)cc2)cc1. The highest BCUT2D eigenvalue weighted by molar-refractivity contribution is 7.98. The predicted octanol–water partition coefficient (Wildman–Crippen LogP) is 7.30. The number of carbonyl (C=O) groups excluding carboxylic acids is 1. The molecule has 2 N–H and O–H groups in total. The molecule has 4 rings (SSSR count). The summed E-state index contributed by atoms with van der Waals surface area (Å²) >= 11 is 7.83. The number of amides is 1. The second-order valence-electron chi connectivity index (χ2n) is 8.35. The largest absolute Gasteiger partial charge is 0.322 e. The second kappa shape index (κ2) is 11.2. The average Bonchev–Trinajstić information content (AvgIpc) is 2.86. The number of halogens is 1. The van der Waals surface area contributed by atoms with Gasteiger partial charge in [-0.25, -0.2) is 8.42 Å². The van der Waals surface area contributed by atoms with Crippen molar-refractivity contribution < 1.29 is 13.2 Å². The van der Waals surface area contributed by atoms with E-state index in [0.717, 1.165) is 16.9 Å². The van der Waals surface area contributed by atoms with Crippen molar-refractivity contribution in [3.63, 3.8) is 0 Å². The smallest absolute Gasteiger partial charge is 0.261 e. The normalized spacial score (nSPS) is 11.2. The van der Waals surface area contributed by atoms with Gasteiger partial charge in [0.2, 0.25) is 0 Å². The first-order valence-electron chi connectivity index (χ1n) is 11.2. The summed E-state index contributed by atoms with van der Waals surface area (Å²) in [6, 6.07) is 26.8. The molecule has 0 saturated heterocycles. The Bertz CT molecular complexity index is 1470. The maximum absolute atomic E-state index is 12.7. The highest BCUT2D eigenvalue weighted by atomic mass is 35.5. The molecule has 8 heteroatoms. The number of hydrogen-bond acceptors (Lipinski definition) is 4. The first-order valence-corrected chi connectivity index (χ1v) is 14.0. The van der Waals surface area contributed by atoms with Crippen LogP contribution in [0.2, 0.25) is 5.02 Å². The van der Waals surface area contributed by atoms with Gasteiger partial charge in [0.25, 0.3) is 15.9 Å². The van der Waals surface area contributed by atoms with Crippen molar-refractivity contribution in [3.05, 3.63) is 118 Å². The molecule has 0 bridgehead atoms. The minimum Gasteiger partial charge on any atom is -0.322 e. The Morgan fingerprint density at radius 2 is 1.47 bits per heavy atom. The summed E-state index contributed by atoms with van der Waals surface area (Å²) < 4.78 is 27.9. The standard InChI is InChI=1S/C28H25ClN2O3S2/c1-19-3-13-25(14-4-19)35-18-21-6-8-22(9-7-21)28(32)30-23-11-15-26(16-12-23)36(33,34)31-24-10-5-20(2)27(29)17-24/h3-17,31H,18H2,1-2H3,(H,30,32). The minimum atomic E-state index is -3.80. The zero-order valence-electron chi connectivity index (χ0n) is 19.8. The van der Waals surface area contributed by atoms with Gasteiger partial charge in [-0.2, -0.15) is 0 Å². The number of aryl methyl sites for hydroxylation is 2. The van der Waals surface area contributed by atoms with E-state index in [1.54, 1.807) is 54.2 Å². The fraction of sp³-hybridized carbons (Fsp3) is 0.107. The highest BCUT2D eigenvalue weighted by Crippen LogP contribution is 2.25. The lowest BCUT2D eigenvalue weighted by Gasteiger charge is -2.11. The lowest BCUT2D eigenvalue weighted by Crippen LogP contribution is -2.14. The van der Waals surface area contributed by atoms with Crippen molar-refractivity contribution in [2.75, 3.05) is 10.0 Å². The Morgan fingerprint density at radius 1 is 0.833 bits per heavy atom. The molecular formula is C28H25ClN2O3S2. The number of rotatable bonds is 8. The van der Waals surface area contributed by atoms with Crippen LogP contribution in [0.5, 0.6) is 0 Å². The van der Waals surface area contributed by atoms with Crippen LogP contribution in [-0.4, -0.2) is 14.3 Å². The summed E-state index contributed by atoms with van der Waals surface area (Å²) in [7, 11) is -3.80. The third-order valence-corrected chi connectivity index (χ3v) is 8.38. The Morgan fingerprint density at radius 3 is 2.11 bits per heavy atom. The van der Waals surface area contributed by atoms with Crippen LogP contribution in [0.15, 0.2) is 101 Å². The molecule has 4 aromatic rings. The van der Waals surface area contributed by atoms with Crippen LogP contribution in [0.4, 0.5) is 11.4 Å². The summed E-state index contributed by atoms with van der Waals surface area (Å²) in [5.41, 5.74) is 4.61. The van der Waals surface area contributed by atoms with Gasteiger partial charge in [0.1, 0.15) is 0 Å². The highest BCUT2D eigenvalue weighted by Gasteiger charge is 2.15. The van der Waals surface area contributed by atoms with E-state index in [1.165, 1.54) is 22.6 Å². The van der Waals surface area contributed by atoms with E-state index in [1.807, 2.05) is 19.1 Å². The summed E-state index contributed by atoms with van der Waals surface area (Å²) in [5.74, 6) is 0.541. The van der Waals surface area contributed by atoms with Crippen LogP contribution >= 0.6 is 23.4 Å². The Labute approximate surface area is 221 Å². The maximum atomic E-state index is 12.7. The van der Waals surface area contributed by atoms with Gasteiger partial charge in [-0.15, -0.1) is 11.8 Å². The molecule has 0 heterocycles. The number of hydrogen-bond donors (Lipinski definition) is 2. The molecule has 0 unspecified atom stereocenters. The number of nitrogens with one attached hydrogen (secondary N) is 2. The van der Waals surface area contributed by atoms with Gasteiger partial charge in [0.15, 0.2) is 0 Å². The van der Waals surface area contributed by atoms with Crippen LogP contribution in [-0.2, 0) is 15.8 Å². The molecule has 0 aromatic heterocycles. The van der Waals surface area contributed by atoms with Crippen LogP contribution in [0.25, 0.3) is 0 Å². The monoisotopic (exact) mass is 536 g/mol. The van der Waals surface area contributed by atoms with Gasteiger partial charge >= 0.3 is 0 Å². The number of benzene rings is 4. The fourth-order valence-corrected chi connectivity index (χ4v) is 5.43. The number of thioether (sulfide) groups is 1. The summed E-state index contributed by atoms with van der Waals surface area (Å²) in [6.07, 6.45) is 0. The van der Waals surface area contributed by atoms with Gasteiger partial charge in [0.05, 0.1) is 10.6 Å². The first-order chi connectivity index (χ1) is 17.2. The van der Waals surface area contributed by atoms with Crippen molar-refractivity contribution in [1.29, 1.82) is 0 Å². The molecule has 0 aliphatic carbocycles. The summed E-state index contributed by atoms with van der Waals surface area (Å²) in [4.78, 5) is 13.9. The number of anilines is 2. The van der Waals surface area contributed by atoms with Crippen molar-refractivity contribution in [2.45, 2.75) is 29.4 Å². The zero-order chi connectivity index (χ0) is 25.7. The fourth-order valence-electron chi connectivity index (χ4n) is 3.34. The molecular weight excluding hydrogens is 512 g/mol. The molecule has 0 spiro atoms. The molecule has 4 aromatic carbocycles. The molecule has 36 heavy (non-hydrogen) atoms. The zero-order valence-corrected chi connectivity index (χ0v) is 22.2. The average molecular weight is 537 g/mol. The first kappa shape index (κ1) is 25.8.